The lowest BCUT2D eigenvalue weighted by atomic mass is 10.2. The highest BCUT2D eigenvalue weighted by atomic mass is 16.5. The van der Waals surface area contributed by atoms with E-state index in [1.54, 1.807) is 12.3 Å². The van der Waals surface area contributed by atoms with Crippen LogP contribution in [0.5, 0.6) is 5.75 Å². The Morgan fingerprint density at radius 1 is 1.24 bits per heavy atom. The second-order valence-corrected chi connectivity index (χ2v) is 4.23. The number of aromatic nitrogens is 2. The summed E-state index contributed by atoms with van der Waals surface area (Å²) in [7, 11) is 0. The predicted octanol–water partition coefficient (Wildman–Crippen LogP) is 1.06. The summed E-state index contributed by atoms with van der Waals surface area (Å²) in [4.78, 5) is 11.4. The van der Waals surface area contributed by atoms with Gasteiger partial charge in [-0.3, -0.25) is 4.79 Å². The van der Waals surface area contributed by atoms with Crippen molar-refractivity contribution in [1.29, 1.82) is 0 Å². The van der Waals surface area contributed by atoms with E-state index in [1.807, 2.05) is 24.3 Å². The van der Waals surface area contributed by atoms with E-state index in [0.29, 0.717) is 25.3 Å². The largest absolute Gasteiger partial charge is 0.492 e. The molecule has 2 rings (SSSR count). The van der Waals surface area contributed by atoms with Gasteiger partial charge in [-0.25, -0.2) is 4.68 Å². The molecule has 0 amide bonds. The van der Waals surface area contributed by atoms with Crippen molar-refractivity contribution < 1.29 is 9.84 Å². The molecule has 0 fully saturated rings. The molecule has 1 N–H and O–H groups in total. The van der Waals surface area contributed by atoms with Crippen LogP contribution in [0.2, 0.25) is 0 Å². The summed E-state index contributed by atoms with van der Waals surface area (Å²) in [6.45, 7) is 0.839. The quantitative estimate of drug-likeness (QED) is 0.834. The third kappa shape index (κ3) is 4.79. The van der Waals surface area contributed by atoms with Gasteiger partial charge in [0.15, 0.2) is 0 Å². The van der Waals surface area contributed by atoms with Gasteiger partial charge in [-0.15, -0.1) is 0 Å². The molecule has 0 aliphatic heterocycles. The summed E-state index contributed by atoms with van der Waals surface area (Å²) in [5.74, 6) is 6.51. The van der Waals surface area contributed by atoms with Crippen LogP contribution >= 0.6 is 0 Å². The standard InChI is InChI=1S/C16H16N2O3/c19-12-2-1-4-14-6-8-15(9-7-14)21-13-11-18-16(20)5-3-10-17-18/h3,5-10,19H,2,11-13H2. The van der Waals surface area contributed by atoms with E-state index in [1.165, 1.54) is 10.7 Å². The van der Waals surface area contributed by atoms with Gasteiger partial charge in [-0.2, -0.15) is 5.10 Å². The third-order valence-corrected chi connectivity index (χ3v) is 2.68. The van der Waals surface area contributed by atoms with Crippen molar-refractivity contribution in [2.45, 2.75) is 13.0 Å². The fraction of sp³-hybridized carbons (Fsp3) is 0.250. The Balaban J connectivity index is 1.86. The summed E-state index contributed by atoms with van der Waals surface area (Å²) in [6, 6.07) is 10.4. The Bertz CT molecular complexity index is 681. The zero-order chi connectivity index (χ0) is 14.9. The number of aliphatic hydroxyl groups excluding tert-OH is 1. The zero-order valence-electron chi connectivity index (χ0n) is 11.5. The molecule has 0 spiro atoms. The van der Waals surface area contributed by atoms with Gasteiger partial charge in [0.05, 0.1) is 13.2 Å². The van der Waals surface area contributed by atoms with Crippen LogP contribution in [0.25, 0.3) is 0 Å². The summed E-state index contributed by atoms with van der Waals surface area (Å²) < 4.78 is 6.91. The van der Waals surface area contributed by atoms with Gasteiger partial charge in [-0.1, -0.05) is 11.8 Å². The van der Waals surface area contributed by atoms with Crippen molar-refractivity contribution in [1.82, 2.24) is 9.78 Å². The lowest BCUT2D eigenvalue weighted by molar-refractivity contribution is 0.288. The monoisotopic (exact) mass is 284 g/mol. The molecule has 5 heteroatoms. The molecule has 0 aliphatic carbocycles. The molecule has 0 unspecified atom stereocenters. The third-order valence-electron chi connectivity index (χ3n) is 2.68. The van der Waals surface area contributed by atoms with E-state index in [4.69, 9.17) is 9.84 Å². The van der Waals surface area contributed by atoms with E-state index in [-0.39, 0.29) is 12.2 Å². The highest BCUT2D eigenvalue weighted by Crippen LogP contribution is 2.11. The zero-order valence-corrected chi connectivity index (χ0v) is 11.5. The topological polar surface area (TPSA) is 64.4 Å². The Hall–Kier alpha value is -2.58. The van der Waals surface area contributed by atoms with Crippen LogP contribution in [0.3, 0.4) is 0 Å². The molecule has 0 aliphatic rings. The van der Waals surface area contributed by atoms with Crippen LogP contribution in [-0.4, -0.2) is 28.1 Å². The molecule has 0 bridgehead atoms. The molecule has 1 heterocycles. The SMILES string of the molecule is O=c1cccnn1CCOc1ccc(C#CCCO)cc1. The van der Waals surface area contributed by atoms with Crippen LogP contribution in [0.15, 0.2) is 47.4 Å². The molecule has 21 heavy (non-hydrogen) atoms. The molecule has 0 saturated heterocycles. The number of hydrogen-bond donors (Lipinski definition) is 1. The number of hydrogen-bond acceptors (Lipinski definition) is 4. The summed E-state index contributed by atoms with van der Waals surface area (Å²) in [5, 5.41) is 12.6. The van der Waals surface area contributed by atoms with Crippen LogP contribution in [0.4, 0.5) is 0 Å². The van der Waals surface area contributed by atoms with Crippen LogP contribution < -0.4 is 10.3 Å². The van der Waals surface area contributed by atoms with Crippen molar-refractivity contribution in [3.8, 4) is 17.6 Å². The van der Waals surface area contributed by atoms with Crippen molar-refractivity contribution in [3.63, 3.8) is 0 Å². The van der Waals surface area contributed by atoms with Crippen molar-refractivity contribution in [2.24, 2.45) is 0 Å². The number of rotatable bonds is 5. The predicted molar refractivity (Wildman–Crippen MR) is 79.0 cm³/mol. The van der Waals surface area contributed by atoms with E-state index in [0.717, 1.165) is 5.56 Å². The van der Waals surface area contributed by atoms with Gasteiger partial charge < -0.3 is 9.84 Å². The number of ether oxygens (including phenoxy) is 1. The van der Waals surface area contributed by atoms with Crippen molar-refractivity contribution in [2.75, 3.05) is 13.2 Å². The average Bonchev–Trinajstić information content (AvgIpc) is 2.51. The second kappa shape index (κ2) is 7.88. The maximum absolute atomic E-state index is 11.4. The van der Waals surface area contributed by atoms with Gasteiger partial charge in [0, 0.05) is 24.2 Å². The van der Waals surface area contributed by atoms with Gasteiger partial charge in [0.25, 0.3) is 5.56 Å². The second-order valence-electron chi connectivity index (χ2n) is 4.23. The minimum absolute atomic E-state index is 0.0705. The molecule has 1 aromatic carbocycles. The summed E-state index contributed by atoms with van der Waals surface area (Å²) in [5.41, 5.74) is 0.729. The highest BCUT2D eigenvalue weighted by Gasteiger charge is 1.97. The Morgan fingerprint density at radius 2 is 2.05 bits per heavy atom. The maximum atomic E-state index is 11.4. The fourth-order valence-corrected chi connectivity index (χ4v) is 1.66. The first-order valence-corrected chi connectivity index (χ1v) is 6.64. The first-order chi connectivity index (χ1) is 10.3. The van der Waals surface area contributed by atoms with Gasteiger partial charge in [0.1, 0.15) is 12.4 Å². The smallest absolute Gasteiger partial charge is 0.266 e. The molecular weight excluding hydrogens is 268 g/mol. The molecule has 108 valence electrons. The van der Waals surface area contributed by atoms with Crippen LogP contribution in [0.1, 0.15) is 12.0 Å². The Kier molecular flexibility index (Phi) is 5.56. The Labute approximate surface area is 122 Å². The summed E-state index contributed by atoms with van der Waals surface area (Å²) >= 11 is 0. The first kappa shape index (κ1) is 14.8. The minimum atomic E-state index is -0.143. The first-order valence-electron chi connectivity index (χ1n) is 6.64. The van der Waals surface area contributed by atoms with Crippen LogP contribution in [-0.2, 0) is 6.54 Å². The van der Waals surface area contributed by atoms with E-state index in [2.05, 4.69) is 16.9 Å². The van der Waals surface area contributed by atoms with E-state index < -0.39 is 0 Å². The normalized spacial score (nSPS) is 9.76. The molecule has 0 radical (unpaired) electrons. The molecule has 2 aromatic rings. The number of nitrogens with zero attached hydrogens (tertiary/aromatic N) is 2. The number of benzene rings is 1. The fourth-order valence-electron chi connectivity index (χ4n) is 1.66. The maximum Gasteiger partial charge on any atom is 0.266 e. The molecule has 1 aromatic heterocycles. The van der Waals surface area contributed by atoms with Crippen LogP contribution in [0, 0.1) is 11.8 Å². The molecule has 5 nitrogen and oxygen atoms in total. The van der Waals surface area contributed by atoms with Crippen molar-refractivity contribution in [3.05, 3.63) is 58.5 Å². The number of aliphatic hydroxyl groups is 1. The van der Waals surface area contributed by atoms with Gasteiger partial charge in [0.2, 0.25) is 0 Å². The molecule has 0 saturated carbocycles. The Morgan fingerprint density at radius 3 is 2.76 bits per heavy atom. The molecular formula is C16H16N2O3. The summed E-state index contributed by atoms with van der Waals surface area (Å²) in [6.07, 6.45) is 2.04. The minimum Gasteiger partial charge on any atom is -0.492 e. The highest BCUT2D eigenvalue weighted by molar-refractivity contribution is 5.38. The van der Waals surface area contributed by atoms with Crippen molar-refractivity contribution >= 4 is 0 Å². The van der Waals surface area contributed by atoms with Gasteiger partial charge >= 0.3 is 0 Å². The lowest BCUT2D eigenvalue weighted by Crippen LogP contribution is -2.24. The van der Waals surface area contributed by atoms with Gasteiger partial charge in [-0.05, 0) is 30.3 Å². The van der Waals surface area contributed by atoms with E-state index in [9.17, 15) is 4.79 Å². The van der Waals surface area contributed by atoms with E-state index >= 15 is 0 Å². The lowest BCUT2D eigenvalue weighted by Gasteiger charge is -2.07. The average molecular weight is 284 g/mol. The molecule has 0 atom stereocenters.